The Balaban J connectivity index is 0.000000184. The second-order valence-corrected chi connectivity index (χ2v) is 10.7. The topological polar surface area (TPSA) is 0 Å². The van der Waals surface area contributed by atoms with Crippen LogP contribution in [-0.4, -0.2) is 0 Å². The van der Waals surface area contributed by atoms with Crippen LogP contribution in [0.2, 0.25) is 0 Å². The van der Waals surface area contributed by atoms with Crippen LogP contribution in [0.4, 0.5) is 0 Å². The maximum Gasteiger partial charge on any atom is 4.00 e. The summed E-state index contributed by atoms with van der Waals surface area (Å²) in [6, 6.07) is 52.5. The minimum Gasteiger partial charge on any atom is -0.358 e. The molecule has 0 aliphatic heterocycles. The first-order chi connectivity index (χ1) is 19.7. The van der Waals surface area contributed by atoms with E-state index in [0.29, 0.717) is 0 Å². The van der Waals surface area contributed by atoms with Gasteiger partial charge in [0.05, 0.1) is 0 Å². The zero-order valence-electron chi connectivity index (χ0n) is 25.4. The second-order valence-electron chi connectivity index (χ2n) is 10.7. The summed E-state index contributed by atoms with van der Waals surface area (Å²) in [6.07, 6.45) is 0. The molecular formula is C42H36Zr. The quantitative estimate of drug-likeness (QED) is 0.167. The van der Waals surface area contributed by atoms with Crippen molar-refractivity contribution in [2.75, 3.05) is 0 Å². The van der Waals surface area contributed by atoms with Crippen molar-refractivity contribution in [3.05, 3.63) is 172 Å². The Kier molecular flexibility index (Phi) is 10.0. The molecule has 0 saturated heterocycles. The van der Waals surface area contributed by atoms with Gasteiger partial charge in [-0.1, -0.05) is 122 Å². The molecule has 0 aliphatic carbocycles. The molecule has 208 valence electrons. The third-order valence-electron chi connectivity index (χ3n) is 7.95. The summed E-state index contributed by atoms with van der Waals surface area (Å²) >= 11 is 0. The van der Waals surface area contributed by atoms with E-state index in [1.54, 1.807) is 0 Å². The van der Waals surface area contributed by atoms with E-state index in [0.717, 1.165) is 0 Å². The molecule has 0 nitrogen and oxygen atoms in total. The molecule has 0 fully saturated rings. The number of aryl methyl sites for hydroxylation is 2. The van der Waals surface area contributed by atoms with Gasteiger partial charge in [-0.05, 0) is 32.7 Å². The Labute approximate surface area is 275 Å². The molecule has 0 saturated carbocycles. The van der Waals surface area contributed by atoms with Gasteiger partial charge in [0.15, 0.2) is 0 Å². The van der Waals surface area contributed by atoms with Crippen molar-refractivity contribution in [2.24, 2.45) is 0 Å². The fourth-order valence-electron chi connectivity index (χ4n) is 6.16. The van der Waals surface area contributed by atoms with E-state index in [1.807, 2.05) is 0 Å². The van der Waals surface area contributed by atoms with Crippen molar-refractivity contribution in [2.45, 2.75) is 13.8 Å². The molecule has 1 heteroatoms. The van der Waals surface area contributed by atoms with Gasteiger partial charge in [0.1, 0.15) is 0 Å². The Morgan fingerprint density at radius 1 is 0.372 bits per heavy atom. The molecule has 0 bridgehead atoms. The molecule has 0 amide bonds. The molecule has 0 spiro atoms. The summed E-state index contributed by atoms with van der Waals surface area (Å²) < 4.78 is 0. The molecule has 8 aromatic rings. The van der Waals surface area contributed by atoms with Gasteiger partial charge in [0.2, 0.25) is 0 Å². The number of hydrogen-bond acceptors (Lipinski definition) is 0. The summed E-state index contributed by atoms with van der Waals surface area (Å²) in [5, 5.41) is 10.6. The van der Waals surface area contributed by atoms with E-state index in [9.17, 15) is 0 Å². The Morgan fingerprint density at radius 3 is 1.12 bits per heavy atom. The maximum atomic E-state index is 2.28. The first kappa shape index (κ1) is 31.9. The van der Waals surface area contributed by atoms with E-state index >= 15 is 0 Å². The average molecular weight is 632 g/mol. The fraction of sp³-hybridized carbons (Fsp3) is 0.0476. The first-order valence-electron chi connectivity index (χ1n) is 13.9. The third-order valence-corrected chi connectivity index (χ3v) is 7.95. The number of fused-ring (bicyclic) bond motifs is 4. The molecule has 8 aromatic carbocycles. The molecule has 0 aromatic heterocycles. The summed E-state index contributed by atoms with van der Waals surface area (Å²) in [5.41, 5.74) is 7.94. The van der Waals surface area contributed by atoms with Gasteiger partial charge in [-0.15, -0.1) is 69.1 Å². The van der Waals surface area contributed by atoms with Gasteiger partial charge >= 0.3 is 26.2 Å². The number of hydrogen-bond donors (Lipinski definition) is 0. The van der Waals surface area contributed by atoms with E-state index in [1.165, 1.54) is 76.5 Å². The average Bonchev–Trinajstić information content (AvgIpc) is 3.57. The van der Waals surface area contributed by atoms with Gasteiger partial charge in [-0.25, -0.2) is 0 Å². The molecule has 43 heavy (non-hydrogen) atoms. The largest absolute Gasteiger partial charge is 4.00 e. The monoisotopic (exact) mass is 630 g/mol. The molecule has 0 atom stereocenters. The van der Waals surface area contributed by atoms with Crippen LogP contribution in [-0.2, 0) is 26.2 Å². The van der Waals surface area contributed by atoms with Crippen LogP contribution in [0.1, 0.15) is 11.1 Å². The molecule has 0 unspecified atom stereocenters. The van der Waals surface area contributed by atoms with E-state index < -0.39 is 0 Å². The van der Waals surface area contributed by atoms with Crippen molar-refractivity contribution >= 4 is 43.1 Å². The van der Waals surface area contributed by atoms with Crippen LogP contribution in [0.25, 0.3) is 65.3 Å². The van der Waals surface area contributed by atoms with Crippen molar-refractivity contribution in [3.63, 3.8) is 0 Å². The zero-order valence-corrected chi connectivity index (χ0v) is 27.8. The number of benzene rings is 6. The molecular weight excluding hydrogens is 596 g/mol. The SMILES string of the molecule is Cc1cc2c(-c3cccc4ccccc34)cccc2[cH-]1.Cc1cc2c(-c3cccc4ccccc34)cccc2[cH-]1.[CH3-].[CH3-].[Zr+4]. The smallest absolute Gasteiger partial charge is 0.358 e. The van der Waals surface area contributed by atoms with Crippen molar-refractivity contribution < 1.29 is 26.2 Å². The molecule has 0 radical (unpaired) electrons. The standard InChI is InChI=1S/2C20H15.2CH3.Zr/c2*1-14-12-16-8-5-11-19(20(16)13-14)18-10-4-7-15-6-2-3-9-17(15)18;;;/h2*2-13H,1H3;2*1H3;/q4*-1;+4. The van der Waals surface area contributed by atoms with Crippen LogP contribution in [0.3, 0.4) is 0 Å². The fourth-order valence-corrected chi connectivity index (χ4v) is 6.16. The molecule has 0 heterocycles. The van der Waals surface area contributed by atoms with Gasteiger partial charge in [0, 0.05) is 0 Å². The minimum absolute atomic E-state index is 0. The van der Waals surface area contributed by atoms with Gasteiger partial charge < -0.3 is 14.9 Å². The Morgan fingerprint density at radius 2 is 0.698 bits per heavy atom. The predicted octanol–water partition coefficient (Wildman–Crippen LogP) is 12.3. The van der Waals surface area contributed by atoms with Crippen molar-refractivity contribution in [1.29, 1.82) is 0 Å². The van der Waals surface area contributed by atoms with Crippen LogP contribution in [0.5, 0.6) is 0 Å². The van der Waals surface area contributed by atoms with Crippen molar-refractivity contribution in [1.82, 2.24) is 0 Å². The van der Waals surface area contributed by atoms with Crippen LogP contribution in [0, 0.1) is 28.7 Å². The van der Waals surface area contributed by atoms with Crippen LogP contribution >= 0.6 is 0 Å². The predicted molar refractivity (Wildman–Crippen MR) is 187 cm³/mol. The van der Waals surface area contributed by atoms with Gasteiger partial charge in [-0.2, -0.15) is 12.1 Å². The summed E-state index contributed by atoms with van der Waals surface area (Å²) in [6.45, 7) is 4.32. The van der Waals surface area contributed by atoms with Gasteiger partial charge in [-0.3, -0.25) is 0 Å². The first-order valence-corrected chi connectivity index (χ1v) is 13.9. The number of rotatable bonds is 2. The Bertz CT molecular complexity index is 1970. The van der Waals surface area contributed by atoms with Crippen LogP contribution in [0.15, 0.2) is 146 Å². The van der Waals surface area contributed by atoms with Gasteiger partial charge in [0.25, 0.3) is 0 Å². The summed E-state index contributed by atoms with van der Waals surface area (Å²) in [5.74, 6) is 0. The van der Waals surface area contributed by atoms with E-state index in [2.05, 4.69) is 159 Å². The second kappa shape index (κ2) is 13.5. The minimum atomic E-state index is 0. The third kappa shape index (κ3) is 6.06. The molecule has 8 rings (SSSR count). The summed E-state index contributed by atoms with van der Waals surface area (Å²) in [7, 11) is 0. The van der Waals surface area contributed by atoms with Crippen LogP contribution < -0.4 is 0 Å². The summed E-state index contributed by atoms with van der Waals surface area (Å²) in [4.78, 5) is 0. The van der Waals surface area contributed by atoms with Crippen molar-refractivity contribution in [3.8, 4) is 22.3 Å². The normalized spacial score (nSPS) is 10.5. The Hall–Kier alpha value is -4.06. The molecule has 0 N–H and O–H groups in total. The zero-order chi connectivity index (χ0) is 27.1. The molecule has 0 aliphatic rings. The van der Waals surface area contributed by atoms with E-state index in [-0.39, 0.29) is 41.1 Å². The maximum absolute atomic E-state index is 2.28. The van der Waals surface area contributed by atoms with E-state index in [4.69, 9.17) is 0 Å².